The number of carboxylic acids is 1. The second-order valence-corrected chi connectivity index (χ2v) is 8.67. The van der Waals surface area contributed by atoms with Gasteiger partial charge in [-0.3, -0.25) is 9.59 Å². The van der Waals surface area contributed by atoms with Crippen LogP contribution < -0.4 is 0 Å². The van der Waals surface area contributed by atoms with Crippen LogP contribution in [0.3, 0.4) is 0 Å². The van der Waals surface area contributed by atoms with E-state index in [9.17, 15) is 14.7 Å². The maximum atomic E-state index is 13.4. The van der Waals surface area contributed by atoms with Crippen LogP contribution in [-0.4, -0.2) is 49.2 Å². The molecular weight excluding hydrogens is 344 g/mol. The summed E-state index contributed by atoms with van der Waals surface area (Å²) in [5, 5.41) is 14.6. The molecule has 0 atom stereocenters. The van der Waals surface area contributed by atoms with Crippen LogP contribution in [0, 0.1) is 6.92 Å². The van der Waals surface area contributed by atoms with E-state index in [2.05, 4.69) is 5.10 Å². The van der Waals surface area contributed by atoms with E-state index in [1.165, 1.54) is 4.90 Å². The molecule has 1 N–H and O–H groups in total. The zero-order chi connectivity index (χ0) is 20.1. The fraction of sp³-hybridized carbons (Fsp3) is 0.600. The predicted octanol–water partition coefficient (Wildman–Crippen LogP) is 3.31. The Kier molecular flexibility index (Phi) is 4.74. The highest BCUT2D eigenvalue weighted by Crippen LogP contribution is 2.33. The van der Waals surface area contributed by atoms with Crippen LogP contribution in [0.25, 0.3) is 11.0 Å². The standard InChI is InChI=1S/C20H28N4O3/c1-11(2)15-9-14(19(27)23(10-16(25)26)13-7-8-13)17-12(3)22-24(18(17)21-15)20(4,5)6/h9,11,13H,7-8,10H2,1-6H3,(H,25,26). The molecule has 0 radical (unpaired) electrons. The fourth-order valence-electron chi connectivity index (χ4n) is 3.29. The first-order valence-corrected chi connectivity index (χ1v) is 9.44. The van der Waals surface area contributed by atoms with Crippen LogP contribution in [0.2, 0.25) is 0 Å². The third-order valence-corrected chi connectivity index (χ3v) is 4.84. The van der Waals surface area contributed by atoms with E-state index in [4.69, 9.17) is 4.98 Å². The van der Waals surface area contributed by atoms with E-state index in [0.717, 1.165) is 29.6 Å². The Morgan fingerprint density at radius 1 is 1.33 bits per heavy atom. The number of nitrogens with zero attached hydrogens (tertiary/aromatic N) is 4. The molecule has 2 aromatic rings. The SMILES string of the molecule is Cc1nn(C(C)(C)C)c2nc(C(C)C)cc(C(=O)N(CC(=O)O)C3CC3)c12. The topological polar surface area (TPSA) is 88.3 Å². The molecule has 0 aromatic carbocycles. The van der Waals surface area contributed by atoms with E-state index < -0.39 is 5.97 Å². The summed E-state index contributed by atoms with van der Waals surface area (Å²) in [5.41, 5.74) is 2.44. The van der Waals surface area contributed by atoms with Crippen molar-refractivity contribution in [1.82, 2.24) is 19.7 Å². The van der Waals surface area contributed by atoms with Crippen molar-refractivity contribution in [1.29, 1.82) is 0 Å². The van der Waals surface area contributed by atoms with E-state index in [1.54, 1.807) is 0 Å². The zero-order valence-electron chi connectivity index (χ0n) is 16.9. The summed E-state index contributed by atoms with van der Waals surface area (Å²) in [6, 6.07) is 1.83. The number of carboxylic acid groups (broad SMARTS) is 1. The molecule has 1 aliphatic rings. The maximum absolute atomic E-state index is 13.4. The van der Waals surface area contributed by atoms with Crippen molar-refractivity contribution in [2.45, 2.75) is 71.9 Å². The molecule has 7 heteroatoms. The molecule has 7 nitrogen and oxygen atoms in total. The molecule has 1 fully saturated rings. The van der Waals surface area contributed by atoms with E-state index in [1.807, 2.05) is 52.3 Å². The van der Waals surface area contributed by atoms with Gasteiger partial charge in [0.25, 0.3) is 5.91 Å². The number of hydrogen-bond donors (Lipinski definition) is 1. The molecule has 1 saturated carbocycles. The summed E-state index contributed by atoms with van der Waals surface area (Å²) in [4.78, 5) is 30.9. The molecule has 0 saturated heterocycles. The minimum Gasteiger partial charge on any atom is -0.480 e. The second-order valence-electron chi connectivity index (χ2n) is 8.67. The Morgan fingerprint density at radius 3 is 2.44 bits per heavy atom. The van der Waals surface area contributed by atoms with Crippen molar-refractivity contribution >= 4 is 22.9 Å². The van der Waals surface area contributed by atoms with E-state index >= 15 is 0 Å². The van der Waals surface area contributed by atoms with Gasteiger partial charge >= 0.3 is 5.97 Å². The molecule has 146 valence electrons. The highest BCUT2D eigenvalue weighted by atomic mass is 16.4. The summed E-state index contributed by atoms with van der Waals surface area (Å²) in [6.07, 6.45) is 1.70. The molecule has 1 aliphatic carbocycles. The first-order chi connectivity index (χ1) is 12.5. The Morgan fingerprint density at radius 2 is 1.96 bits per heavy atom. The predicted molar refractivity (Wildman–Crippen MR) is 103 cm³/mol. The van der Waals surface area contributed by atoms with Crippen LogP contribution in [0.1, 0.15) is 75.1 Å². The molecule has 0 unspecified atom stereocenters. The molecule has 2 aromatic heterocycles. The van der Waals surface area contributed by atoms with Crippen molar-refractivity contribution in [2.24, 2.45) is 0 Å². The number of pyridine rings is 1. The van der Waals surface area contributed by atoms with Crippen LogP contribution in [0.15, 0.2) is 6.07 Å². The van der Waals surface area contributed by atoms with Crippen molar-refractivity contribution in [3.63, 3.8) is 0 Å². The number of fused-ring (bicyclic) bond motifs is 1. The lowest BCUT2D eigenvalue weighted by Crippen LogP contribution is -2.37. The largest absolute Gasteiger partial charge is 0.480 e. The van der Waals surface area contributed by atoms with Gasteiger partial charge < -0.3 is 10.0 Å². The minimum absolute atomic E-state index is 0.0114. The van der Waals surface area contributed by atoms with Gasteiger partial charge in [0, 0.05) is 11.7 Å². The normalized spacial score (nSPS) is 14.8. The van der Waals surface area contributed by atoms with Gasteiger partial charge in [0.15, 0.2) is 5.65 Å². The van der Waals surface area contributed by atoms with Gasteiger partial charge in [-0.2, -0.15) is 5.10 Å². The Balaban J connectivity index is 2.23. The third-order valence-electron chi connectivity index (χ3n) is 4.84. The number of amides is 1. The molecular formula is C20H28N4O3. The summed E-state index contributed by atoms with van der Waals surface area (Å²) in [5.74, 6) is -1.10. The lowest BCUT2D eigenvalue weighted by atomic mass is 10.0. The molecule has 0 bridgehead atoms. The average Bonchev–Trinajstić information content (AvgIpc) is 3.33. The number of aliphatic carboxylic acids is 1. The van der Waals surface area contributed by atoms with Crippen LogP contribution in [0.4, 0.5) is 0 Å². The highest BCUT2D eigenvalue weighted by molar-refractivity contribution is 6.07. The maximum Gasteiger partial charge on any atom is 0.323 e. The van der Waals surface area contributed by atoms with Crippen molar-refractivity contribution in [2.75, 3.05) is 6.54 Å². The molecule has 27 heavy (non-hydrogen) atoms. The minimum atomic E-state index is -0.994. The Hall–Kier alpha value is -2.44. The number of carbonyl (C=O) groups is 2. The first kappa shape index (κ1) is 19.3. The van der Waals surface area contributed by atoms with Crippen LogP contribution in [0.5, 0.6) is 0 Å². The summed E-state index contributed by atoms with van der Waals surface area (Å²) in [7, 11) is 0. The van der Waals surface area contributed by atoms with Crippen molar-refractivity contribution in [3.05, 3.63) is 23.0 Å². The summed E-state index contributed by atoms with van der Waals surface area (Å²) >= 11 is 0. The van der Waals surface area contributed by atoms with Crippen molar-refractivity contribution in [3.8, 4) is 0 Å². The third kappa shape index (κ3) is 3.68. The number of aromatic nitrogens is 3. The van der Waals surface area contributed by atoms with Crippen LogP contribution >= 0.6 is 0 Å². The molecule has 2 heterocycles. The monoisotopic (exact) mass is 372 g/mol. The van der Waals surface area contributed by atoms with Crippen LogP contribution in [-0.2, 0) is 10.3 Å². The average molecular weight is 372 g/mol. The van der Waals surface area contributed by atoms with E-state index in [0.29, 0.717) is 11.2 Å². The summed E-state index contributed by atoms with van der Waals surface area (Å²) < 4.78 is 1.86. The molecule has 0 aliphatic heterocycles. The van der Waals surface area contributed by atoms with Gasteiger partial charge in [0.2, 0.25) is 0 Å². The van der Waals surface area contributed by atoms with Gasteiger partial charge in [0.05, 0.1) is 22.2 Å². The lowest BCUT2D eigenvalue weighted by molar-refractivity contribution is -0.137. The quantitative estimate of drug-likeness (QED) is 0.870. The zero-order valence-corrected chi connectivity index (χ0v) is 16.9. The van der Waals surface area contributed by atoms with Crippen molar-refractivity contribution < 1.29 is 14.7 Å². The molecule has 0 spiro atoms. The lowest BCUT2D eigenvalue weighted by Gasteiger charge is -2.23. The van der Waals surface area contributed by atoms with E-state index in [-0.39, 0.29) is 30.0 Å². The molecule has 3 rings (SSSR count). The van der Waals surface area contributed by atoms with Gasteiger partial charge in [-0.05, 0) is 52.5 Å². The summed E-state index contributed by atoms with van der Waals surface area (Å²) in [6.45, 7) is 11.8. The fourth-order valence-corrected chi connectivity index (χ4v) is 3.29. The number of rotatable bonds is 5. The van der Waals surface area contributed by atoms with Gasteiger partial charge in [-0.15, -0.1) is 0 Å². The van der Waals surface area contributed by atoms with Gasteiger partial charge in [0.1, 0.15) is 6.54 Å². The van der Waals surface area contributed by atoms with Gasteiger partial charge in [-0.1, -0.05) is 13.8 Å². The number of hydrogen-bond acceptors (Lipinski definition) is 4. The Labute approximate surface area is 159 Å². The van der Waals surface area contributed by atoms with Gasteiger partial charge in [-0.25, -0.2) is 9.67 Å². The number of aryl methyl sites for hydroxylation is 1. The molecule has 1 amide bonds. The Bertz CT molecular complexity index is 904. The smallest absolute Gasteiger partial charge is 0.323 e. The highest BCUT2D eigenvalue weighted by Gasteiger charge is 2.36. The second kappa shape index (κ2) is 6.62. The first-order valence-electron chi connectivity index (χ1n) is 9.44. The number of carbonyl (C=O) groups excluding carboxylic acids is 1.